The topological polar surface area (TPSA) is 123 Å². The molecular weight excluding hydrogens is 364 g/mol. The molecule has 4 N–H and O–H groups in total. The Morgan fingerprint density at radius 1 is 1.19 bits per heavy atom. The normalized spacial score (nSPS) is 13.3. The first-order chi connectivity index (χ1) is 13.0. The number of anilines is 3. The van der Waals surface area contributed by atoms with Crippen LogP contribution in [0.2, 0.25) is 0 Å². The summed E-state index contributed by atoms with van der Waals surface area (Å²) in [6, 6.07) is 5.78. The minimum atomic E-state index is 0.380. The van der Waals surface area contributed by atoms with Crippen molar-refractivity contribution in [3.63, 3.8) is 0 Å². The summed E-state index contributed by atoms with van der Waals surface area (Å²) in [5.41, 5.74) is 14.5. The molecule has 0 spiro atoms. The number of nitrogen functional groups attached to an aromatic ring is 2. The predicted octanol–water partition coefficient (Wildman–Crippen LogP) is 2.31. The molecule has 2 aromatic heterocycles. The summed E-state index contributed by atoms with van der Waals surface area (Å²) < 4.78 is 10.7. The van der Waals surface area contributed by atoms with Gasteiger partial charge in [-0.3, -0.25) is 0 Å². The van der Waals surface area contributed by atoms with E-state index in [9.17, 15) is 5.26 Å². The number of fused-ring (bicyclic) bond motifs is 2. The van der Waals surface area contributed by atoms with Gasteiger partial charge in [0.1, 0.15) is 16.9 Å². The van der Waals surface area contributed by atoms with Crippen molar-refractivity contribution in [1.82, 2.24) is 9.97 Å². The smallest absolute Gasteiger partial charge is 0.228 e. The third kappa shape index (κ3) is 2.74. The molecule has 4 rings (SSSR count). The van der Waals surface area contributed by atoms with Crippen LogP contribution in [-0.2, 0) is 13.0 Å². The van der Waals surface area contributed by atoms with Crippen LogP contribution in [-0.4, -0.2) is 30.7 Å². The molecule has 0 amide bonds. The summed E-state index contributed by atoms with van der Waals surface area (Å²) in [5, 5.41) is 10.6. The van der Waals surface area contributed by atoms with Crippen LogP contribution in [0, 0.1) is 11.3 Å². The minimum Gasteiger partial charge on any atom is -0.493 e. The lowest BCUT2D eigenvalue weighted by Gasteiger charge is -2.27. The van der Waals surface area contributed by atoms with Gasteiger partial charge in [-0.25, -0.2) is 4.98 Å². The number of benzene rings is 1. The van der Waals surface area contributed by atoms with Gasteiger partial charge in [-0.2, -0.15) is 10.2 Å². The number of nitriles is 1. The Morgan fingerprint density at radius 3 is 2.63 bits per heavy atom. The fraction of sp³-hybridized carbons (Fsp3) is 0.278. The lowest BCUT2D eigenvalue weighted by Crippen LogP contribution is -2.31. The molecule has 0 saturated heterocycles. The van der Waals surface area contributed by atoms with Gasteiger partial charge >= 0.3 is 0 Å². The molecule has 1 aromatic carbocycles. The van der Waals surface area contributed by atoms with Crippen molar-refractivity contribution in [2.75, 3.05) is 37.1 Å². The average molecular weight is 382 g/mol. The zero-order chi connectivity index (χ0) is 19.1. The zero-order valence-corrected chi connectivity index (χ0v) is 15.8. The van der Waals surface area contributed by atoms with Crippen LogP contribution in [0.25, 0.3) is 10.9 Å². The highest BCUT2D eigenvalue weighted by Gasteiger charge is 2.25. The molecule has 8 nitrogen and oxygen atoms in total. The average Bonchev–Trinajstić information content (AvgIpc) is 3.00. The van der Waals surface area contributed by atoms with E-state index in [4.69, 9.17) is 20.9 Å². The molecule has 0 radical (unpaired) electrons. The summed E-state index contributed by atoms with van der Waals surface area (Å²) in [5.74, 6) is 2.09. The number of nitrogens with two attached hydrogens (primary N) is 2. The summed E-state index contributed by atoms with van der Waals surface area (Å²) in [6.45, 7) is 1.29. The molecule has 0 atom stereocenters. The first-order valence-corrected chi connectivity index (χ1v) is 9.11. The number of nitrogens with zero attached hydrogens (tertiary/aromatic N) is 4. The van der Waals surface area contributed by atoms with E-state index in [0.717, 1.165) is 16.9 Å². The SMILES string of the molecule is COc1cc2nc(N3CCc4c(sc(N)c4C#N)C3)nc(N)c2cc1OC. The first-order valence-electron chi connectivity index (χ1n) is 8.30. The van der Waals surface area contributed by atoms with E-state index in [2.05, 4.69) is 16.0 Å². The number of thiophene rings is 1. The van der Waals surface area contributed by atoms with E-state index in [0.29, 0.717) is 57.8 Å². The maximum Gasteiger partial charge on any atom is 0.228 e. The Labute approximate surface area is 159 Å². The summed E-state index contributed by atoms with van der Waals surface area (Å²) in [7, 11) is 3.15. The van der Waals surface area contributed by atoms with Crippen LogP contribution in [0.4, 0.5) is 16.8 Å². The van der Waals surface area contributed by atoms with Crippen LogP contribution in [0.5, 0.6) is 11.5 Å². The standard InChI is InChI=1S/C18H18N6O2S/c1-25-13-5-10-12(6-14(13)26-2)22-18(23-16(10)20)24-4-3-9-11(7-19)17(21)27-15(9)8-24/h5-6H,3-4,8,21H2,1-2H3,(H2,20,22,23). The minimum absolute atomic E-state index is 0.380. The van der Waals surface area contributed by atoms with Crippen molar-refractivity contribution >= 4 is 39.0 Å². The highest BCUT2D eigenvalue weighted by molar-refractivity contribution is 7.16. The second-order valence-corrected chi connectivity index (χ2v) is 7.30. The van der Waals surface area contributed by atoms with Gasteiger partial charge in [-0.1, -0.05) is 0 Å². The van der Waals surface area contributed by atoms with Crippen molar-refractivity contribution < 1.29 is 9.47 Å². The van der Waals surface area contributed by atoms with Crippen LogP contribution < -0.4 is 25.8 Å². The quantitative estimate of drug-likeness (QED) is 0.707. The molecule has 0 fully saturated rings. The van der Waals surface area contributed by atoms with Crippen LogP contribution >= 0.6 is 11.3 Å². The van der Waals surface area contributed by atoms with Crippen LogP contribution in [0.1, 0.15) is 16.0 Å². The molecule has 0 saturated carbocycles. The molecule has 0 unspecified atom stereocenters. The second kappa shape index (κ2) is 6.48. The van der Waals surface area contributed by atoms with E-state index in [1.165, 1.54) is 11.3 Å². The molecule has 27 heavy (non-hydrogen) atoms. The number of ether oxygens (including phenoxy) is 2. The Balaban J connectivity index is 1.75. The number of hydrogen-bond donors (Lipinski definition) is 2. The van der Waals surface area contributed by atoms with Crippen LogP contribution in [0.15, 0.2) is 12.1 Å². The van der Waals surface area contributed by atoms with Gasteiger partial charge in [0.25, 0.3) is 0 Å². The highest BCUT2D eigenvalue weighted by Crippen LogP contribution is 2.37. The molecule has 9 heteroatoms. The molecule has 138 valence electrons. The Bertz CT molecular complexity index is 1090. The Kier molecular flexibility index (Phi) is 4.12. The monoisotopic (exact) mass is 382 g/mol. The molecular formula is C18H18N6O2S. The van der Waals surface area contributed by atoms with E-state index < -0.39 is 0 Å². The summed E-state index contributed by atoms with van der Waals surface area (Å²) >= 11 is 1.45. The maximum absolute atomic E-state index is 9.29. The van der Waals surface area contributed by atoms with Gasteiger partial charge in [0, 0.05) is 22.9 Å². The molecule has 1 aliphatic heterocycles. The van der Waals surface area contributed by atoms with Gasteiger partial charge in [0.15, 0.2) is 11.5 Å². The van der Waals surface area contributed by atoms with E-state index in [1.54, 1.807) is 26.4 Å². The van der Waals surface area contributed by atoms with Gasteiger partial charge in [-0.15, -0.1) is 11.3 Å². The number of rotatable bonds is 3. The maximum atomic E-state index is 9.29. The lowest BCUT2D eigenvalue weighted by atomic mass is 10.0. The third-order valence-corrected chi connectivity index (χ3v) is 5.74. The lowest BCUT2D eigenvalue weighted by molar-refractivity contribution is 0.356. The van der Waals surface area contributed by atoms with Crippen molar-refractivity contribution in [2.45, 2.75) is 13.0 Å². The second-order valence-electron chi connectivity index (χ2n) is 6.16. The fourth-order valence-electron chi connectivity index (χ4n) is 3.33. The number of methoxy groups -OCH3 is 2. The molecule has 1 aliphatic rings. The van der Waals surface area contributed by atoms with Gasteiger partial charge in [-0.05, 0) is 18.1 Å². The predicted molar refractivity (Wildman–Crippen MR) is 105 cm³/mol. The van der Waals surface area contributed by atoms with E-state index in [1.807, 2.05) is 4.90 Å². The summed E-state index contributed by atoms with van der Waals surface area (Å²) in [4.78, 5) is 12.3. The highest BCUT2D eigenvalue weighted by atomic mass is 32.1. The van der Waals surface area contributed by atoms with Crippen molar-refractivity contribution in [3.05, 3.63) is 28.1 Å². The molecule has 3 aromatic rings. The first kappa shape index (κ1) is 17.2. The largest absolute Gasteiger partial charge is 0.493 e. The number of hydrogen-bond acceptors (Lipinski definition) is 9. The summed E-state index contributed by atoms with van der Waals surface area (Å²) in [6.07, 6.45) is 0.721. The number of aromatic nitrogens is 2. The Morgan fingerprint density at radius 2 is 1.93 bits per heavy atom. The Hall–Kier alpha value is -3.25. The van der Waals surface area contributed by atoms with E-state index >= 15 is 0 Å². The zero-order valence-electron chi connectivity index (χ0n) is 14.9. The fourth-order valence-corrected chi connectivity index (χ4v) is 4.41. The molecule has 0 bridgehead atoms. The van der Waals surface area contributed by atoms with Crippen LogP contribution in [0.3, 0.4) is 0 Å². The molecule has 0 aliphatic carbocycles. The van der Waals surface area contributed by atoms with Gasteiger partial charge in [0.2, 0.25) is 5.95 Å². The van der Waals surface area contributed by atoms with E-state index in [-0.39, 0.29) is 0 Å². The van der Waals surface area contributed by atoms with Gasteiger partial charge < -0.3 is 25.8 Å². The third-order valence-electron chi connectivity index (χ3n) is 4.70. The molecule has 3 heterocycles. The van der Waals surface area contributed by atoms with Crippen molar-refractivity contribution in [3.8, 4) is 17.6 Å². The van der Waals surface area contributed by atoms with Crippen molar-refractivity contribution in [1.29, 1.82) is 5.26 Å². The van der Waals surface area contributed by atoms with Crippen molar-refractivity contribution in [2.24, 2.45) is 0 Å². The van der Waals surface area contributed by atoms with Gasteiger partial charge in [0.05, 0.1) is 31.8 Å².